The summed E-state index contributed by atoms with van der Waals surface area (Å²) in [5.74, 6) is 0. The van der Waals surface area contributed by atoms with Crippen molar-refractivity contribution in [2.45, 2.75) is 71.3 Å². The van der Waals surface area contributed by atoms with Crippen LogP contribution in [0.3, 0.4) is 0 Å². The Balaban J connectivity index is 1.56. The zero-order valence-electron chi connectivity index (χ0n) is 15.8. The molecule has 4 unspecified atom stereocenters. The van der Waals surface area contributed by atoms with Crippen molar-refractivity contribution in [2.75, 3.05) is 13.1 Å². The van der Waals surface area contributed by atoms with Gasteiger partial charge in [0.25, 0.3) is 0 Å². The number of hydrogen-bond acceptors (Lipinski definition) is 4. The molecule has 1 saturated heterocycles. The third-order valence-corrected chi connectivity index (χ3v) is 6.01. The summed E-state index contributed by atoms with van der Waals surface area (Å²) in [6.07, 6.45) is 2.83. The number of rotatable bonds is 6. The maximum Gasteiger partial charge on any atom is 0.0815 e. The standard InChI is InChI=1S/C21H33NO3/c1-20(2)9-17-10-21(3,13-20)14-22(17)11-18(24)8-19(25)16-6-4-15(12-23)5-7-16/h4-7,17-19,23-25H,8-14H2,1-3H3. The van der Waals surface area contributed by atoms with Gasteiger partial charge in [-0.2, -0.15) is 0 Å². The molecule has 4 nitrogen and oxygen atoms in total. The Hall–Kier alpha value is -0.940. The summed E-state index contributed by atoms with van der Waals surface area (Å²) in [6, 6.07) is 7.85. The fourth-order valence-corrected chi connectivity index (χ4v) is 5.37. The summed E-state index contributed by atoms with van der Waals surface area (Å²) >= 11 is 0. The Morgan fingerprint density at radius 2 is 1.80 bits per heavy atom. The molecular formula is C21H33NO3. The van der Waals surface area contributed by atoms with Crippen LogP contribution in [-0.2, 0) is 6.61 Å². The molecular weight excluding hydrogens is 314 g/mol. The molecule has 2 aliphatic rings. The van der Waals surface area contributed by atoms with Crippen molar-refractivity contribution in [3.8, 4) is 0 Å². The second-order valence-corrected chi connectivity index (χ2v) is 9.45. The molecule has 0 aromatic heterocycles. The van der Waals surface area contributed by atoms with Gasteiger partial charge in [0, 0.05) is 25.6 Å². The minimum Gasteiger partial charge on any atom is -0.392 e. The zero-order valence-corrected chi connectivity index (χ0v) is 15.8. The number of fused-ring (bicyclic) bond motifs is 2. The van der Waals surface area contributed by atoms with E-state index in [9.17, 15) is 10.2 Å². The smallest absolute Gasteiger partial charge is 0.0815 e. The van der Waals surface area contributed by atoms with Crippen molar-refractivity contribution in [3.63, 3.8) is 0 Å². The number of nitrogens with zero attached hydrogens (tertiary/aromatic N) is 1. The van der Waals surface area contributed by atoms with Gasteiger partial charge in [-0.3, -0.25) is 4.90 Å². The van der Waals surface area contributed by atoms with E-state index in [-0.39, 0.29) is 6.61 Å². The summed E-state index contributed by atoms with van der Waals surface area (Å²) in [5, 5.41) is 30.0. The Bertz CT molecular complexity index is 585. The molecule has 1 aliphatic heterocycles. The molecule has 0 spiro atoms. The van der Waals surface area contributed by atoms with E-state index in [1.165, 1.54) is 19.3 Å². The Morgan fingerprint density at radius 1 is 1.12 bits per heavy atom. The molecule has 1 heterocycles. The maximum atomic E-state index is 10.5. The van der Waals surface area contributed by atoms with E-state index in [4.69, 9.17) is 5.11 Å². The Morgan fingerprint density at radius 3 is 2.44 bits per heavy atom. The van der Waals surface area contributed by atoms with Crippen molar-refractivity contribution in [2.24, 2.45) is 10.8 Å². The van der Waals surface area contributed by atoms with Gasteiger partial charge in [-0.15, -0.1) is 0 Å². The highest BCUT2D eigenvalue weighted by molar-refractivity contribution is 5.23. The van der Waals surface area contributed by atoms with E-state index in [2.05, 4.69) is 25.7 Å². The van der Waals surface area contributed by atoms with Crippen LogP contribution in [0.1, 0.15) is 63.7 Å². The third-order valence-electron chi connectivity index (χ3n) is 6.01. The topological polar surface area (TPSA) is 63.9 Å². The molecule has 4 atom stereocenters. The minimum absolute atomic E-state index is 0.00443. The van der Waals surface area contributed by atoms with E-state index < -0.39 is 12.2 Å². The van der Waals surface area contributed by atoms with Crippen LogP contribution >= 0.6 is 0 Å². The lowest BCUT2D eigenvalue weighted by Crippen LogP contribution is -2.38. The lowest BCUT2D eigenvalue weighted by molar-refractivity contribution is 0.0465. The number of β-amino-alcohol motifs (C(OH)–C–C–N with tert-alkyl or cyclic N) is 1. The normalized spacial score (nSPS) is 31.0. The number of aliphatic hydroxyl groups excluding tert-OH is 3. The maximum absolute atomic E-state index is 10.5. The molecule has 2 fully saturated rings. The third kappa shape index (κ3) is 4.43. The summed E-state index contributed by atoms with van der Waals surface area (Å²) in [4.78, 5) is 2.45. The fourth-order valence-electron chi connectivity index (χ4n) is 5.37. The van der Waals surface area contributed by atoms with Gasteiger partial charge in [-0.25, -0.2) is 0 Å². The zero-order chi connectivity index (χ0) is 18.2. The quantitative estimate of drug-likeness (QED) is 0.740. The SMILES string of the molecule is CC1(C)CC2CC(C)(CN2CC(O)CC(O)c2ccc(CO)cc2)C1. The monoisotopic (exact) mass is 347 g/mol. The van der Waals surface area contributed by atoms with Crippen LogP contribution in [-0.4, -0.2) is 45.5 Å². The summed E-state index contributed by atoms with van der Waals surface area (Å²) in [7, 11) is 0. The van der Waals surface area contributed by atoms with Crippen molar-refractivity contribution in [1.29, 1.82) is 0 Å². The number of likely N-dealkylation sites (tertiary alicyclic amines) is 1. The molecule has 0 radical (unpaired) electrons. The molecule has 2 bridgehead atoms. The number of aliphatic hydroxyl groups is 3. The molecule has 1 aliphatic carbocycles. The van der Waals surface area contributed by atoms with Crippen LogP contribution in [0.4, 0.5) is 0 Å². The predicted molar refractivity (Wildman–Crippen MR) is 99.0 cm³/mol. The molecule has 4 heteroatoms. The van der Waals surface area contributed by atoms with Crippen LogP contribution in [0.15, 0.2) is 24.3 Å². The van der Waals surface area contributed by atoms with Crippen LogP contribution < -0.4 is 0 Å². The van der Waals surface area contributed by atoms with E-state index in [0.29, 0.717) is 29.8 Å². The predicted octanol–water partition coefficient (Wildman–Crippen LogP) is 2.86. The van der Waals surface area contributed by atoms with Crippen LogP contribution in [0.2, 0.25) is 0 Å². The molecule has 0 amide bonds. The van der Waals surface area contributed by atoms with Gasteiger partial charge in [0.1, 0.15) is 0 Å². The first-order valence-electron chi connectivity index (χ1n) is 9.50. The second-order valence-electron chi connectivity index (χ2n) is 9.45. The minimum atomic E-state index is -0.670. The summed E-state index contributed by atoms with van der Waals surface area (Å²) in [6.45, 7) is 8.80. The molecule has 140 valence electrons. The average Bonchev–Trinajstić information content (AvgIpc) is 2.75. The number of hydrogen-bond donors (Lipinski definition) is 3. The lowest BCUT2D eigenvalue weighted by Gasteiger charge is -2.40. The largest absolute Gasteiger partial charge is 0.392 e. The molecule has 1 aromatic carbocycles. The molecule has 1 aromatic rings. The van der Waals surface area contributed by atoms with Crippen LogP contribution in [0.25, 0.3) is 0 Å². The lowest BCUT2D eigenvalue weighted by atomic mass is 9.65. The van der Waals surface area contributed by atoms with Crippen molar-refractivity contribution < 1.29 is 15.3 Å². The molecule has 3 N–H and O–H groups in total. The van der Waals surface area contributed by atoms with Crippen molar-refractivity contribution in [1.82, 2.24) is 4.90 Å². The van der Waals surface area contributed by atoms with Gasteiger partial charge in [-0.1, -0.05) is 45.0 Å². The average molecular weight is 347 g/mol. The first kappa shape index (κ1) is 18.8. The highest BCUT2D eigenvalue weighted by atomic mass is 16.3. The van der Waals surface area contributed by atoms with Crippen LogP contribution in [0, 0.1) is 10.8 Å². The van der Waals surface area contributed by atoms with E-state index >= 15 is 0 Å². The van der Waals surface area contributed by atoms with Crippen LogP contribution in [0.5, 0.6) is 0 Å². The highest BCUT2D eigenvalue weighted by Gasteiger charge is 2.49. The molecule has 25 heavy (non-hydrogen) atoms. The molecule has 3 rings (SSSR count). The van der Waals surface area contributed by atoms with E-state index in [1.807, 2.05) is 24.3 Å². The van der Waals surface area contributed by atoms with Gasteiger partial charge < -0.3 is 15.3 Å². The Labute approximate surface area is 151 Å². The number of benzene rings is 1. The van der Waals surface area contributed by atoms with Gasteiger partial charge in [0.15, 0.2) is 0 Å². The van der Waals surface area contributed by atoms with Crippen molar-refractivity contribution in [3.05, 3.63) is 35.4 Å². The van der Waals surface area contributed by atoms with Gasteiger partial charge in [0.2, 0.25) is 0 Å². The van der Waals surface area contributed by atoms with E-state index in [0.717, 1.165) is 17.7 Å². The highest BCUT2D eigenvalue weighted by Crippen LogP contribution is 2.52. The fraction of sp³-hybridized carbons (Fsp3) is 0.714. The first-order chi connectivity index (χ1) is 11.7. The summed E-state index contributed by atoms with van der Waals surface area (Å²) < 4.78 is 0. The molecule has 1 saturated carbocycles. The summed E-state index contributed by atoms with van der Waals surface area (Å²) in [5.41, 5.74) is 2.37. The first-order valence-corrected chi connectivity index (χ1v) is 9.50. The Kier molecular flexibility index (Phi) is 5.27. The van der Waals surface area contributed by atoms with E-state index in [1.54, 1.807) is 0 Å². The second kappa shape index (κ2) is 6.99. The van der Waals surface area contributed by atoms with Crippen molar-refractivity contribution >= 4 is 0 Å². The van der Waals surface area contributed by atoms with Gasteiger partial charge >= 0.3 is 0 Å². The van der Waals surface area contributed by atoms with Gasteiger partial charge in [0.05, 0.1) is 18.8 Å². The van der Waals surface area contributed by atoms with Gasteiger partial charge in [-0.05, 0) is 41.2 Å².